The van der Waals surface area contributed by atoms with E-state index in [1.54, 1.807) is 12.1 Å². The van der Waals surface area contributed by atoms with Crippen molar-refractivity contribution in [2.45, 2.75) is 150 Å². The van der Waals surface area contributed by atoms with Crippen molar-refractivity contribution in [3.63, 3.8) is 0 Å². The fraction of sp³-hybridized carbons (Fsp3) is 0.649. The molecule has 0 amide bonds. The van der Waals surface area contributed by atoms with E-state index in [2.05, 4.69) is 6.92 Å². The summed E-state index contributed by atoms with van der Waals surface area (Å²) in [6.45, 7) is 7.76. The molecule has 0 unspecified atom stereocenters. The number of esters is 1. The SMILES string of the molecule is CCCCCCCCCCCCCCCCCC(=O)OCc1cc(OC)c(CC=C(C)CC(=O)C=C(C)C)c(O)c1C=O. The van der Waals surface area contributed by atoms with E-state index in [1.807, 2.05) is 26.8 Å². The first-order valence-electron chi connectivity index (χ1n) is 16.6. The average Bonchev–Trinajstić information content (AvgIpc) is 2.96. The molecule has 0 heterocycles. The molecule has 43 heavy (non-hydrogen) atoms. The number of unbranched alkanes of at least 4 members (excludes halogenated alkanes) is 14. The number of ketones is 1. The summed E-state index contributed by atoms with van der Waals surface area (Å²) in [4.78, 5) is 36.3. The summed E-state index contributed by atoms with van der Waals surface area (Å²) in [7, 11) is 1.49. The number of phenols is 1. The number of benzene rings is 1. The number of aromatic hydroxyl groups is 1. The Hall–Kier alpha value is -2.89. The maximum atomic E-state index is 12.3. The lowest BCUT2D eigenvalue weighted by Crippen LogP contribution is -2.07. The molecular weight excluding hydrogens is 540 g/mol. The molecule has 0 saturated carbocycles. The van der Waals surface area contributed by atoms with Crippen molar-refractivity contribution < 1.29 is 29.0 Å². The lowest BCUT2D eigenvalue weighted by molar-refractivity contribution is -0.145. The molecule has 1 rings (SSSR count). The second-order valence-electron chi connectivity index (χ2n) is 12.1. The molecule has 1 aromatic carbocycles. The van der Waals surface area contributed by atoms with E-state index < -0.39 is 0 Å². The molecule has 0 aliphatic heterocycles. The summed E-state index contributed by atoms with van der Waals surface area (Å²) < 4.78 is 10.9. The van der Waals surface area contributed by atoms with E-state index in [1.165, 1.54) is 84.2 Å². The predicted octanol–water partition coefficient (Wildman–Crippen LogP) is 9.93. The molecule has 0 atom stereocenters. The van der Waals surface area contributed by atoms with Gasteiger partial charge in [-0.05, 0) is 45.8 Å². The highest BCUT2D eigenvalue weighted by Gasteiger charge is 2.19. The van der Waals surface area contributed by atoms with Crippen LogP contribution in [0.1, 0.15) is 158 Å². The second-order valence-corrected chi connectivity index (χ2v) is 12.1. The van der Waals surface area contributed by atoms with Gasteiger partial charge in [0.15, 0.2) is 12.1 Å². The highest BCUT2D eigenvalue weighted by Crippen LogP contribution is 2.35. The van der Waals surface area contributed by atoms with E-state index in [0.29, 0.717) is 36.0 Å². The van der Waals surface area contributed by atoms with E-state index in [-0.39, 0.29) is 36.1 Å². The second kappa shape index (κ2) is 23.6. The Bertz CT molecular complexity index is 1030. The van der Waals surface area contributed by atoms with Gasteiger partial charge in [0.05, 0.1) is 12.7 Å². The Kier molecular flexibility index (Phi) is 20.9. The van der Waals surface area contributed by atoms with Crippen molar-refractivity contribution in [2.24, 2.45) is 0 Å². The molecule has 0 bridgehead atoms. The molecule has 0 aliphatic rings. The van der Waals surface area contributed by atoms with Crippen LogP contribution in [0.4, 0.5) is 0 Å². The van der Waals surface area contributed by atoms with Crippen LogP contribution in [-0.4, -0.2) is 30.3 Å². The van der Waals surface area contributed by atoms with E-state index in [4.69, 9.17) is 9.47 Å². The number of carbonyl (C=O) groups is 3. The van der Waals surface area contributed by atoms with Crippen LogP contribution in [0.2, 0.25) is 0 Å². The van der Waals surface area contributed by atoms with Gasteiger partial charge in [0.2, 0.25) is 0 Å². The van der Waals surface area contributed by atoms with Gasteiger partial charge in [0.1, 0.15) is 18.1 Å². The number of aldehydes is 1. The standard InChI is InChI=1S/C37H58O6/c1-6-7-8-9-10-11-12-13-14-15-16-17-18-19-20-21-36(40)43-28-31-26-35(42-5)33(37(41)34(31)27-38)23-22-30(4)25-32(39)24-29(2)3/h22,24,26-27,41H,6-21,23,25,28H2,1-5H3. The summed E-state index contributed by atoms with van der Waals surface area (Å²) >= 11 is 0. The monoisotopic (exact) mass is 598 g/mol. The number of allylic oxidation sites excluding steroid dienone is 4. The third-order valence-corrected chi connectivity index (χ3v) is 7.76. The number of rotatable bonds is 25. The van der Waals surface area contributed by atoms with Crippen LogP contribution in [0.5, 0.6) is 11.5 Å². The quantitative estimate of drug-likeness (QED) is 0.0396. The summed E-state index contributed by atoms with van der Waals surface area (Å²) in [5.41, 5.74) is 2.73. The van der Waals surface area contributed by atoms with E-state index >= 15 is 0 Å². The first-order chi connectivity index (χ1) is 20.7. The minimum Gasteiger partial charge on any atom is -0.507 e. The van der Waals surface area contributed by atoms with Gasteiger partial charge in [-0.1, -0.05) is 114 Å². The normalized spacial score (nSPS) is 11.3. The maximum Gasteiger partial charge on any atom is 0.306 e. The molecule has 6 nitrogen and oxygen atoms in total. The molecule has 1 N–H and O–H groups in total. The first kappa shape index (κ1) is 38.1. The van der Waals surface area contributed by atoms with Crippen LogP contribution in [0.25, 0.3) is 0 Å². The van der Waals surface area contributed by atoms with Crippen molar-refractivity contribution in [3.8, 4) is 11.5 Å². The largest absolute Gasteiger partial charge is 0.507 e. The highest BCUT2D eigenvalue weighted by molar-refractivity contribution is 5.91. The summed E-state index contributed by atoms with van der Waals surface area (Å²) in [5, 5.41) is 10.9. The fourth-order valence-corrected chi connectivity index (χ4v) is 5.25. The Labute approximate surface area is 261 Å². The summed E-state index contributed by atoms with van der Waals surface area (Å²) in [6.07, 6.45) is 23.9. The van der Waals surface area contributed by atoms with Crippen LogP contribution < -0.4 is 4.74 Å². The van der Waals surface area contributed by atoms with Gasteiger partial charge >= 0.3 is 5.97 Å². The zero-order valence-electron chi connectivity index (χ0n) is 27.7. The number of phenolic OH excluding ortho intramolecular Hbond substituents is 1. The van der Waals surface area contributed by atoms with Crippen molar-refractivity contribution >= 4 is 18.0 Å². The number of hydrogen-bond donors (Lipinski definition) is 1. The van der Waals surface area contributed by atoms with Gasteiger partial charge < -0.3 is 14.6 Å². The minimum absolute atomic E-state index is 0.0139. The molecule has 0 aliphatic carbocycles. The average molecular weight is 599 g/mol. The molecule has 0 spiro atoms. The first-order valence-corrected chi connectivity index (χ1v) is 16.6. The number of hydrogen-bond acceptors (Lipinski definition) is 6. The Morgan fingerprint density at radius 3 is 1.86 bits per heavy atom. The number of carbonyl (C=O) groups excluding carboxylic acids is 3. The van der Waals surface area contributed by atoms with Crippen molar-refractivity contribution in [3.05, 3.63) is 46.1 Å². The molecule has 0 fully saturated rings. The smallest absolute Gasteiger partial charge is 0.306 e. The number of ether oxygens (including phenoxy) is 2. The zero-order valence-corrected chi connectivity index (χ0v) is 27.7. The van der Waals surface area contributed by atoms with Crippen molar-refractivity contribution in [1.82, 2.24) is 0 Å². The van der Waals surface area contributed by atoms with Crippen LogP contribution >= 0.6 is 0 Å². The van der Waals surface area contributed by atoms with E-state index in [0.717, 1.165) is 30.4 Å². The van der Waals surface area contributed by atoms with Crippen LogP contribution in [-0.2, 0) is 27.4 Å². The number of methoxy groups -OCH3 is 1. The van der Waals surface area contributed by atoms with Crippen LogP contribution in [0, 0.1) is 0 Å². The molecule has 6 heteroatoms. The lowest BCUT2D eigenvalue weighted by atomic mass is 9.98. The van der Waals surface area contributed by atoms with Gasteiger partial charge in [-0.15, -0.1) is 0 Å². The van der Waals surface area contributed by atoms with Gasteiger partial charge in [0, 0.05) is 24.0 Å². The predicted molar refractivity (Wildman–Crippen MR) is 176 cm³/mol. The Morgan fingerprint density at radius 1 is 0.837 bits per heavy atom. The third-order valence-electron chi connectivity index (χ3n) is 7.76. The Balaban J connectivity index is 2.40. The zero-order chi connectivity index (χ0) is 31.9. The minimum atomic E-state index is -0.311. The maximum absolute atomic E-state index is 12.3. The van der Waals surface area contributed by atoms with Gasteiger partial charge in [-0.2, -0.15) is 0 Å². The van der Waals surface area contributed by atoms with E-state index in [9.17, 15) is 19.5 Å². The van der Waals surface area contributed by atoms with Crippen molar-refractivity contribution in [1.29, 1.82) is 0 Å². The summed E-state index contributed by atoms with van der Waals surface area (Å²) in [5.74, 6) is -0.0904. The summed E-state index contributed by atoms with van der Waals surface area (Å²) in [6, 6.07) is 1.64. The molecule has 242 valence electrons. The van der Waals surface area contributed by atoms with Crippen LogP contribution in [0.3, 0.4) is 0 Å². The van der Waals surface area contributed by atoms with Gasteiger partial charge in [-0.3, -0.25) is 14.4 Å². The third kappa shape index (κ3) is 17.1. The lowest BCUT2D eigenvalue weighted by Gasteiger charge is -2.15. The van der Waals surface area contributed by atoms with Gasteiger partial charge in [0.25, 0.3) is 0 Å². The molecule has 1 aromatic rings. The molecule has 0 saturated heterocycles. The Morgan fingerprint density at radius 2 is 1.37 bits per heavy atom. The molecule has 0 aromatic heterocycles. The topological polar surface area (TPSA) is 89.9 Å². The van der Waals surface area contributed by atoms with Crippen molar-refractivity contribution in [2.75, 3.05) is 7.11 Å². The van der Waals surface area contributed by atoms with Crippen LogP contribution in [0.15, 0.2) is 29.4 Å². The highest BCUT2D eigenvalue weighted by atomic mass is 16.5. The van der Waals surface area contributed by atoms with Gasteiger partial charge in [-0.25, -0.2) is 0 Å². The molecular formula is C37H58O6. The molecule has 0 radical (unpaired) electrons. The fourth-order valence-electron chi connectivity index (χ4n) is 5.25.